The van der Waals surface area contributed by atoms with E-state index in [2.05, 4.69) is 28.5 Å². The van der Waals surface area contributed by atoms with Gasteiger partial charge in [-0.05, 0) is 43.2 Å². The molecule has 0 spiro atoms. The van der Waals surface area contributed by atoms with Crippen molar-refractivity contribution in [2.75, 3.05) is 29.4 Å². The van der Waals surface area contributed by atoms with Crippen LogP contribution in [0, 0.1) is 5.82 Å². The summed E-state index contributed by atoms with van der Waals surface area (Å²) in [6.45, 7) is 3.64. The first-order chi connectivity index (χ1) is 19.7. The van der Waals surface area contributed by atoms with Gasteiger partial charge in [-0.15, -0.1) is 21.5 Å². The summed E-state index contributed by atoms with van der Waals surface area (Å²) in [7, 11) is 0. The number of ether oxygens (including phenoxy) is 1. The van der Waals surface area contributed by atoms with E-state index in [-0.39, 0.29) is 30.7 Å². The number of carbonyl (C=O) groups is 1. The van der Waals surface area contributed by atoms with Crippen molar-refractivity contribution in [2.24, 2.45) is 0 Å². The van der Waals surface area contributed by atoms with Crippen molar-refractivity contribution < 1.29 is 27.1 Å². The molecule has 1 atom stereocenters. The third kappa shape index (κ3) is 5.62. The normalized spacial score (nSPS) is 17.2. The Morgan fingerprint density at radius 1 is 1.12 bits per heavy atom. The maximum Gasteiger partial charge on any atom is 0.451 e. The van der Waals surface area contributed by atoms with Gasteiger partial charge in [0.2, 0.25) is 11.8 Å². The van der Waals surface area contributed by atoms with Crippen molar-refractivity contribution in [3.05, 3.63) is 52.7 Å². The Morgan fingerprint density at radius 3 is 2.68 bits per heavy atom. The summed E-state index contributed by atoms with van der Waals surface area (Å²) in [5.41, 5.74) is 0. The van der Waals surface area contributed by atoms with Gasteiger partial charge in [-0.1, -0.05) is 13.3 Å². The molecule has 0 saturated carbocycles. The molecule has 0 aliphatic carbocycles. The maximum atomic E-state index is 13.4. The highest BCUT2D eigenvalue weighted by molar-refractivity contribution is 7.18. The second kappa shape index (κ2) is 10.8. The van der Waals surface area contributed by atoms with E-state index in [1.165, 1.54) is 24.3 Å². The number of aryl methyl sites for hydroxylation is 1. The van der Waals surface area contributed by atoms with E-state index in [9.17, 15) is 22.4 Å². The summed E-state index contributed by atoms with van der Waals surface area (Å²) < 4.78 is 59.6. The Balaban J connectivity index is 1.22. The maximum absolute atomic E-state index is 13.4. The van der Waals surface area contributed by atoms with Gasteiger partial charge in [0.05, 0.1) is 18.0 Å². The lowest BCUT2D eigenvalue weighted by molar-refractivity contribution is -0.147. The molecule has 1 saturated heterocycles. The van der Waals surface area contributed by atoms with Crippen LogP contribution < -0.4 is 19.9 Å². The molecular weight excluding hydrogens is 564 g/mol. The fourth-order valence-corrected chi connectivity index (χ4v) is 6.23. The number of fused-ring (bicyclic) bond motifs is 2. The van der Waals surface area contributed by atoms with Gasteiger partial charge in [0, 0.05) is 31.1 Å². The highest BCUT2D eigenvalue weighted by Gasteiger charge is 2.40. The van der Waals surface area contributed by atoms with E-state index in [1.54, 1.807) is 11.3 Å². The summed E-state index contributed by atoms with van der Waals surface area (Å²) in [6.07, 6.45) is -2.74. The predicted molar refractivity (Wildman–Crippen MR) is 144 cm³/mol. The number of anilines is 2. The minimum Gasteiger partial charge on any atom is -0.410 e. The fraction of sp³-hybridized carbons (Fsp3) is 0.423. The van der Waals surface area contributed by atoms with Crippen LogP contribution in [0.4, 0.5) is 34.1 Å². The van der Waals surface area contributed by atoms with Crippen LogP contribution in [0.25, 0.3) is 10.2 Å². The average molecular weight is 591 g/mol. The standard InChI is InChI=1S/C26H26F4N8O2S/c1-2-3-18-12-19-21(36-10-11-38-20(14-36)34-35-23(38)26(28,29)30)32-24(33-22(19)41-18)37-9-8-16(13-37)31-25(39)40-17-6-4-15(27)5-7-17/h4-7,12,16H,2-3,8-11,13-14H2,1H3,(H,31,39). The fourth-order valence-electron chi connectivity index (χ4n) is 5.11. The number of aromatic nitrogens is 5. The number of nitrogens with one attached hydrogen (secondary N) is 1. The van der Waals surface area contributed by atoms with Gasteiger partial charge in [0.25, 0.3) is 0 Å². The minimum atomic E-state index is -4.57. The van der Waals surface area contributed by atoms with Gasteiger partial charge in [-0.2, -0.15) is 18.2 Å². The van der Waals surface area contributed by atoms with Crippen molar-refractivity contribution in [1.82, 2.24) is 30.0 Å². The molecule has 2 aliphatic heterocycles. The monoisotopic (exact) mass is 590 g/mol. The van der Waals surface area contributed by atoms with Crippen LogP contribution in [0.3, 0.4) is 0 Å². The SMILES string of the molecule is CCCc1cc2c(N3CCn4c(nnc4C(F)(F)F)C3)nc(N3CCC(NC(=O)Oc4ccc(F)cc4)C3)nc2s1. The minimum absolute atomic E-state index is 0.0792. The number of rotatable bonds is 6. The lowest BCUT2D eigenvalue weighted by Crippen LogP contribution is -2.39. The van der Waals surface area contributed by atoms with E-state index >= 15 is 0 Å². The molecule has 4 aromatic rings. The zero-order valence-corrected chi connectivity index (χ0v) is 22.8. The Kier molecular flexibility index (Phi) is 7.13. The molecular formula is C26H26F4N8O2S. The topological polar surface area (TPSA) is 101 Å². The zero-order valence-electron chi connectivity index (χ0n) is 22.0. The van der Waals surface area contributed by atoms with Gasteiger partial charge in [0.1, 0.15) is 22.2 Å². The second-order valence-electron chi connectivity index (χ2n) is 9.96. The molecule has 1 amide bonds. The first-order valence-corrected chi connectivity index (χ1v) is 14.0. The molecule has 5 heterocycles. The predicted octanol–water partition coefficient (Wildman–Crippen LogP) is 4.78. The molecule has 10 nitrogen and oxygen atoms in total. The van der Waals surface area contributed by atoms with Crippen LogP contribution >= 0.6 is 11.3 Å². The Morgan fingerprint density at radius 2 is 1.93 bits per heavy atom. The van der Waals surface area contributed by atoms with E-state index in [4.69, 9.17) is 14.7 Å². The van der Waals surface area contributed by atoms with Gasteiger partial charge >= 0.3 is 12.3 Å². The molecule has 0 bridgehead atoms. The van der Waals surface area contributed by atoms with Crippen LogP contribution in [0.15, 0.2) is 30.3 Å². The first-order valence-electron chi connectivity index (χ1n) is 13.2. The molecule has 15 heteroatoms. The largest absolute Gasteiger partial charge is 0.451 e. The highest BCUT2D eigenvalue weighted by Crippen LogP contribution is 2.36. The summed E-state index contributed by atoms with van der Waals surface area (Å²) in [5.74, 6) is 0.166. The van der Waals surface area contributed by atoms with Gasteiger partial charge in [-0.25, -0.2) is 14.2 Å². The number of carbonyl (C=O) groups excluding carboxylic acids is 1. The van der Waals surface area contributed by atoms with Gasteiger partial charge in [0.15, 0.2) is 5.82 Å². The Bertz CT molecular complexity index is 1570. The Hall–Kier alpha value is -4.01. The van der Waals surface area contributed by atoms with Crippen molar-refractivity contribution in [3.8, 4) is 5.75 Å². The van der Waals surface area contributed by atoms with E-state index in [1.807, 2.05) is 9.80 Å². The van der Waals surface area contributed by atoms with Crippen molar-refractivity contribution in [3.63, 3.8) is 0 Å². The number of hydrogen-bond acceptors (Lipinski definition) is 9. The molecule has 216 valence electrons. The van der Waals surface area contributed by atoms with Crippen LogP contribution in [-0.2, 0) is 25.7 Å². The molecule has 41 heavy (non-hydrogen) atoms. The van der Waals surface area contributed by atoms with Crippen LogP contribution in [-0.4, -0.2) is 56.5 Å². The summed E-state index contributed by atoms with van der Waals surface area (Å²) in [4.78, 5) is 28.0. The number of hydrogen-bond donors (Lipinski definition) is 1. The molecule has 1 N–H and O–H groups in total. The smallest absolute Gasteiger partial charge is 0.410 e. The van der Waals surface area contributed by atoms with Crippen LogP contribution in [0.5, 0.6) is 5.75 Å². The molecule has 2 aliphatic rings. The Labute approximate surface area is 236 Å². The van der Waals surface area contributed by atoms with E-state index in [0.29, 0.717) is 37.8 Å². The molecule has 3 aromatic heterocycles. The van der Waals surface area contributed by atoms with Crippen molar-refractivity contribution in [2.45, 2.75) is 51.5 Å². The molecule has 1 fully saturated rings. The number of benzene rings is 1. The van der Waals surface area contributed by atoms with Gasteiger partial charge < -0.3 is 24.4 Å². The molecule has 6 rings (SSSR count). The molecule has 1 unspecified atom stereocenters. The number of amides is 1. The van der Waals surface area contributed by atoms with Crippen LogP contribution in [0.2, 0.25) is 0 Å². The summed E-state index contributed by atoms with van der Waals surface area (Å²) in [6, 6.07) is 7.01. The highest BCUT2D eigenvalue weighted by atomic mass is 32.1. The molecule has 1 aromatic carbocycles. The van der Waals surface area contributed by atoms with E-state index < -0.39 is 23.9 Å². The first kappa shape index (κ1) is 27.2. The van der Waals surface area contributed by atoms with Crippen LogP contribution in [0.1, 0.15) is 36.3 Å². The number of alkyl halides is 3. The molecule has 0 radical (unpaired) electrons. The number of nitrogens with zero attached hydrogens (tertiary/aromatic N) is 7. The average Bonchev–Trinajstić information content (AvgIpc) is 3.67. The zero-order chi connectivity index (χ0) is 28.7. The third-order valence-electron chi connectivity index (χ3n) is 7.03. The van der Waals surface area contributed by atoms with Gasteiger partial charge in [-0.3, -0.25) is 0 Å². The second-order valence-corrected chi connectivity index (χ2v) is 11.1. The lowest BCUT2D eigenvalue weighted by Gasteiger charge is -2.30. The van der Waals surface area contributed by atoms with E-state index in [0.717, 1.165) is 32.5 Å². The number of thiophene rings is 1. The quantitative estimate of drug-likeness (QED) is 0.320. The number of halogens is 4. The third-order valence-corrected chi connectivity index (χ3v) is 8.12. The summed E-state index contributed by atoms with van der Waals surface area (Å²) in [5, 5.41) is 10.9. The summed E-state index contributed by atoms with van der Waals surface area (Å²) >= 11 is 1.58. The lowest BCUT2D eigenvalue weighted by atomic mass is 10.2. The van der Waals surface area contributed by atoms with Crippen molar-refractivity contribution in [1.29, 1.82) is 0 Å². The van der Waals surface area contributed by atoms with Crippen molar-refractivity contribution >= 4 is 39.4 Å².